The van der Waals surface area contributed by atoms with Crippen LogP contribution in [0.25, 0.3) is 5.76 Å². The van der Waals surface area contributed by atoms with E-state index < -0.39 is 0 Å². The summed E-state index contributed by atoms with van der Waals surface area (Å²) in [5.41, 5.74) is 1.93. The van der Waals surface area contributed by atoms with Crippen molar-refractivity contribution in [3.8, 4) is 6.07 Å². The van der Waals surface area contributed by atoms with E-state index in [0.717, 1.165) is 17.2 Å². The van der Waals surface area contributed by atoms with Crippen LogP contribution in [-0.2, 0) is 9.53 Å². The van der Waals surface area contributed by atoms with Gasteiger partial charge in [0, 0.05) is 5.56 Å². The second-order valence-corrected chi connectivity index (χ2v) is 4.37. The third kappa shape index (κ3) is 2.15. The maximum atomic E-state index is 11.7. The van der Waals surface area contributed by atoms with Gasteiger partial charge < -0.3 is 4.74 Å². The van der Waals surface area contributed by atoms with Crippen molar-refractivity contribution < 1.29 is 9.53 Å². The highest BCUT2D eigenvalue weighted by molar-refractivity contribution is 9.12. The molecule has 0 saturated heterocycles. The molecule has 0 spiro atoms. The molecule has 1 aromatic carbocycles. The van der Waals surface area contributed by atoms with Crippen molar-refractivity contribution in [3.05, 3.63) is 51.7 Å². The van der Waals surface area contributed by atoms with E-state index in [1.807, 2.05) is 31.2 Å². The van der Waals surface area contributed by atoms with Gasteiger partial charge in [-0.25, -0.2) is 0 Å². The Morgan fingerprint density at radius 3 is 2.59 bits per heavy atom. The molecule has 84 valence electrons. The molecule has 2 rings (SSSR count). The molecule has 0 radical (unpaired) electrons. The lowest BCUT2D eigenvalue weighted by Crippen LogP contribution is -1.94. The number of allylic oxidation sites excluding steroid dienone is 2. The summed E-state index contributed by atoms with van der Waals surface area (Å²) < 4.78 is 5.72. The molecule has 1 aliphatic rings. The lowest BCUT2D eigenvalue weighted by atomic mass is 10.1. The molecule has 0 fully saturated rings. The van der Waals surface area contributed by atoms with Crippen LogP contribution < -0.4 is 0 Å². The first kappa shape index (κ1) is 11.6. The van der Waals surface area contributed by atoms with Crippen molar-refractivity contribution in [2.24, 2.45) is 0 Å². The highest BCUT2D eigenvalue weighted by Crippen LogP contribution is 2.35. The van der Waals surface area contributed by atoms with Crippen molar-refractivity contribution in [1.29, 1.82) is 5.26 Å². The van der Waals surface area contributed by atoms with E-state index in [4.69, 9.17) is 10.00 Å². The maximum absolute atomic E-state index is 11.7. The Morgan fingerprint density at radius 2 is 2.00 bits per heavy atom. The Balaban J connectivity index is 2.41. The molecular weight excluding hydrogens is 282 g/mol. The summed E-state index contributed by atoms with van der Waals surface area (Å²) >= 11 is 3.19. The van der Waals surface area contributed by atoms with Gasteiger partial charge >= 0.3 is 0 Å². The Bertz CT molecular complexity index is 576. The van der Waals surface area contributed by atoms with E-state index in [9.17, 15) is 4.79 Å². The largest absolute Gasteiger partial charge is 0.450 e. The number of aryl methyl sites for hydroxylation is 1. The predicted octanol–water partition coefficient (Wildman–Crippen LogP) is 3.07. The highest BCUT2D eigenvalue weighted by Gasteiger charge is 2.29. The van der Waals surface area contributed by atoms with Gasteiger partial charge in [-0.05, 0) is 22.9 Å². The Kier molecular flexibility index (Phi) is 3.12. The standard InChI is InChI=1S/C13H8BrNO2/c1-8-2-4-9(5-3-8)13-11(14)12(16)10(17-13)6-7-15/h2-6H,1H3/b10-6-. The zero-order chi connectivity index (χ0) is 12.4. The zero-order valence-corrected chi connectivity index (χ0v) is 10.6. The van der Waals surface area contributed by atoms with Crippen molar-refractivity contribution in [3.63, 3.8) is 0 Å². The van der Waals surface area contributed by atoms with Gasteiger partial charge in [0.05, 0.1) is 12.1 Å². The summed E-state index contributed by atoms with van der Waals surface area (Å²) in [5, 5.41) is 8.53. The number of Topliss-reactive ketones (excluding diaryl/α,β-unsaturated/α-hetero) is 1. The number of ketones is 1. The molecule has 3 nitrogen and oxygen atoms in total. The minimum Gasteiger partial charge on any atom is -0.450 e. The smallest absolute Gasteiger partial charge is 0.239 e. The molecular formula is C13H8BrNO2. The van der Waals surface area contributed by atoms with Crippen LogP contribution >= 0.6 is 15.9 Å². The van der Waals surface area contributed by atoms with E-state index in [2.05, 4.69) is 15.9 Å². The molecule has 0 aliphatic carbocycles. The first-order valence-corrected chi connectivity index (χ1v) is 5.72. The fraction of sp³-hybridized carbons (Fsp3) is 0.0769. The molecule has 0 atom stereocenters. The number of rotatable bonds is 1. The minimum absolute atomic E-state index is 0.0509. The molecule has 17 heavy (non-hydrogen) atoms. The van der Waals surface area contributed by atoms with Crippen LogP contribution in [-0.4, -0.2) is 5.78 Å². The molecule has 4 heteroatoms. The highest BCUT2D eigenvalue weighted by atomic mass is 79.9. The molecule has 0 unspecified atom stereocenters. The van der Waals surface area contributed by atoms with Gasteiger partial charge in [-0.2, -0.15) is 5.26 Å². The summed E-state index contributed by atoms with van der Waals surface area (Å²) in [6.45, 7) is 1.98. The van der Waals surface area contributed by atoms with Crippen molar-refractivity contribution >= 4 is 27.5 Å². The van der Waals surface area contributed by atoms with Gasteiger partial charge in [0.25, 0.3) is 0 Å². The van der Waals surface area contributed by atoms with Gasteiger partial charge in [-0.1, -0.05) is 29.8 Å². The van der Waals surface area contributed by atoms with Crippen LogP contribution in [0.5, 0.6) is 0 Å². The van der Waals surface area contributed by atoms with Crippen LogP contribution in [0.4, 0.5) is 0 Å². The molecule has 0 bridgehead atoms. The molecule has 1 heterocycles. The van der Waals surface area contributed by atoms with Crippen LogP contribution in [0.2, 0.25) is 0 Å². The zero-order valence-electron chi connectivity index (χ0n) is 9.03. The number of nitrogens with zero attached hydrogens (tertiary/aromatic N) is 1. The molecule has 0 amide bonds. The van der Waals surface area contributed by atoms with Crippen molar-refractivity contribution in [1.82, 2.24) is 0 Å². The number of hydrogen-bond acceptors (Lipinski definition) is 3. The Labute approximate surface area is 107 Å². The van der Waals surface area contributed by atoms with E-state index in [0.29, 0.717) is 10.2 Å². The number of nitriles is 1. The Morgan fingerprint density at radius 1 is 1.35 bits per heavy atom. The number of halogens is 1. The summed E-state index contributed by atoms with van der Waals surface area (Å²) in [4.78, 5) is 11.7. The number of benzene rings is 1. The van der Waals surface area contributed by atoms with Crippen LogP contribution in [0.3, 0.4) is 0 Å². The second-order valence-electron chi connectivity index (χ2n) is 3.58. The van der Waals surface area contributed by atoms with E-state index in [1.54, 1.807) is 6.07 Å². The van der Waals surface area contributed by atoms with Gasteiger partial charge in [0.1, 0.15) is 4.48 Å². The summed E-state index contributed by atoms with van der Waals surface area (Å²) in [5.74, 6) is 0.202. The molecule has 0 saturated carbocycles. The van der Waals surface area contributed by atoms with Crippen LogP contribution in [0.1, 0.15) is 11.1 Å². The number of carbonyl (C=O) groups excluding carboxylic acids is 1. The first-order chi connectivity index (χ1) is 8.13. The summed E-state index contributed by atoms with van der Waals surface area (Å²) in [6, 6.07) is 9.39. The fourth-order valence-electron chi connectivity index (χ4n) is 1.46. The molecule has 1 aliphatic heterocycles. The lowest BCUT2D eigenvalue weighted by molar-refractivity contribution is -0.112. The van der Waals surface area contributed by atoms with Crippen LogP contribution in [0, 0.1) is 18.3 Å². The molecule has 0 aromatic heterocycles. The SMILES string of the molecule is Cc1ccc(C2=C(Br)C(=O)/C(=C/C#N)O2)cc1. The van der Waals surface area contributed by atoms with Crippen LogP contribution in [0.15, 0.2) is 40.6 Å². The fourth-order valence-corrected chi connectivity index (χ4v) is 1.96. The van der Waals surface area contributed by atoms with Gasteiger partial charge in [0.15, 0.2) is 11.5 Å². The first-order valence-electron chi connectivity index (χ1n) is 4.92. The third-order valence-corrected chi connectivity index (χ3v) is 3.06. The predicted molar refractivity (Wildman–Crippen MR) is 66.8 cm³/mol. The maximum Gasteiger partial charge on any atom is 0.239 e. The molecule has 0 N–H and O–H groups in total. The normalized spacial score (nSPS) is 17.2. The van der Waals surface area contributed by atoms with Crippen molar-refractivity contribution in [2.45, 2.75) is 6.92 Å². The van der Waals surface area contributed by atoms with E-state index >= 15 is 0 Å². The van der Waals surface area contributed by atoms with Gasteiger partial charge in [-0.15, -0.1) is 0 Å². The topological polar surface area (TPSA) is 50.1 Å². The number of ether oxygens (including phenoxy) is 1. The quantitative estimate of drug-likeness (QED) is 0.590. The van der Waals surface area contributed by atoms with Gasteiger partial charge in [-0.3, -0.25) is 4.79 Å². The lowest BCUT2D eigenvalue weighted by Gasteiger charge is -2.03. The average Bonchev–Trinajstić information content (AvgIpc) is 2.59. The van der Waals surface area contributed by atoms with E-state index in [1.165, 1.54) is 0 Å². The summed E-state index contributed by atoms with van der Waals surface area (Å²) in [7, 11) is 0. The van der Waals surface area contributed by atoms with Gasteiger partial charge in [0.2, 0.25) is 5.78 Å². The molecule has 1 aromatic rings. The minimum atomic E-state index is -0.304. The van der Waals surface area contributed by atoms with E-state index in [-0.39, 0.29) is 11.5 Å². The number of carbonyl (C=O) groups is 1. The Hall–Kier alpha value is -1.86. The monoisotopic (exact) mass is 289 g/mol. The summed E-state index contributed by atoms with van der Waals surface area (Å²) in [6.07, 6.45) is 1.10. The third-order valence-electron chi connectivity index (χ3n) is 2.34. The van der Waals surface area contributed by atoms with Crippen molar-refractivity contribution in [2.75, 3.05) is 0 Å². The second kappa shape index (κ2) is 4.56. The average molecular weight is 290 g/mol. The number of hydrogen-bond donors (Lipinski definition) is 0.